The van der Waals surface area contributed by atoms with Gasteiger partial charge in [0.05, 0.1) is 17.3 Å². The number of hydrogen-bond donors (Lipinski definition) is 1. The van der Waals surface area contributed by atoms with E-state index >= 15 is 0 Å². The molecule has 0 amide bonds. The van der Waals surface area contributed by atoms with Crippen LogP contribution in [0.2, 0.25) is 5.02 Å². The molecule has 1 saturated carbocycles. The standard InChI is InChI=1S/C13H16ClN3S/c1-9-15-6-11(7-16-10-2-3-10)17(9)8-13-12(14)4-5-18-13/h4-6,10,16H,2-3,7-8H2,1H3. The van der Waals surface area contributed by atoms with Crippen LogP contribution in [0.25, 0.3) is 0 Å². The van der Waals surface area contributed by atoms with Crippen LogP contribution < -0.4 is 5.32 Å². The highest BCUT2D eigenvalue weighted by atomic mass is 35.5. The Morgan fingerprint density at radius 1 is 1.56 bits per heavy atom. The molecular formula is C13H16ClN3S. The zero-order valence-electron chi connectivity index (χ0n) is 10.3. The third-order valence-electron chi connectivity index (χ3n) is 3.28. The molecule has 3 rings (SSSR count). The summed E-state index contributed by atoms with van der Waals surface area (Å²) in [6, 6.07) is 2.68. The molecule has 0 bridgehead atoms. The average molecular weight is 282 g/mol. The van der Waals surface area contributed by atoms with Gasteiger partial charge in [0.2, 0.25) is 0 Å². The van der Waals surface area contributed by atoms with Crippen molar-refractivity contribution in [2.24, 2.45) is 0 Å². The second kappa shape index (κ2) is 5.03. The van der Waals surface area contributed by atoms with Gasteiger partial charge < -0.3 is 9.88 Å². The molecule has 0 spiro atoms. The second-order valence-corrected chi connectivity index (χ2v) is 6.14. The summed E-state index contributed by atoms with van der Waals surface area (Å²) in [4.78, 5) is 5.61. The summed E-state index contributed by atoms with van der Waals surface area (Å²) in [5.41, 5.74) is 1.24. The van der Waals surface area contributed by atoms with Gasteiger partial charge in [0, 0.05) is 23.7 Å². The van der Waals surface area contributed by atoms with Gasteiger partial charge in [0.15, 0.2) is 0 Å². The number of aryl methyl sites for hydroxylation is 1. The van der Waals surface area contributed by atoms with Crippen molar-refractivity contribution in [1.82, 2.24) is 14.9 Å². The highest BCUT2D eigenvalue weighted by Crippen LogP contribution is 2.24. The first-order valence-corrected chi connectivity index (χ1v) is 7.46. The predicted molar refractivity (Wildman–Crippen MR) is 75.3 cm³/mol. The van der Waals surface area contributed by atoms with E-state index in [0.717, 1.165) is 30.0 Å². The van der Waals surface area contributed by atoms with Gasteiger partial charge in [-0.2, -0.15) is 0 Å². The molecule has 1 aliphatic carbocycles. The SMILES string of the molecule is Cc1ncc(CNC2CC2)n1Cc1sccc1Cl. The third-order valence-corrected chi connectivity index (χ3v) is 4.65. The molecule has 2 aromatic heterocycles. The molecular weight excluding hydrogens is 266 g/mol. The van der Waals surface area contributed by atoms with Crippen LogP contribution in [0.3, 0.4) is 0 Å². The summed E-state index contributed by atoms with van der Waals surface area (Å²) in [6.07, 6.45) is 4.58. The van der Waals surface area contributed by atoms with Crippen LogP contribution in [0, 0.1) is 6.92 Å². The topological polar surface area (TPSA) is 29.9 Å². The van der Waals surface area contributed by atoms with E-state index < -0.39 is 0 Å². The molecule has 1 N–H and O–H groups in total. The Balaban J connectivity index is 1.76. The van der Waals surface area contributed by atoms with Crippen molar-refractivity contribution in [2.45, 2.75) is 38.9 Å². The lowest BCUT2D eigenvalue weighted by Crippen LogP contribution is -2.18. The molecule has 96 valence electrons. The number of nitrogens with one attached hydrogen (secondary N) is 1. The molecule has 5 heteroatoms. The summed E-state index contributed by atoms with van der Waals surface area (Å²) in [5, 5.41) is 6.42. The van der Waals surface area contributed by atoms with E-state index in [4.69, 9.17) is 11.6 Å². The van der Waals surface area contributed by atoms with Crippen LogP contribution in [0.1, 0.15) is 29.2 Å². The smallest absolute Gasteiger partial charge is 0.106 e. The highest BCUT2D eigenvalue weighted by Gasteiger charge is 2.21. The Morgan fingerprint density at radius 3 is 3.06 bits per heavy atom. The largest absolute Gasteiger partial charge is 0.326 e. The van der Waals surface area contributed by atoms with E-state index in [-0.39, 0.29) is 0 Å². The Hall–Kier alpha value is -0.840. The average Bonchev–Trinajstić information content (AvgIpc) is 3.01. The first-order valence-electron chi connectivity index (χ1n) is 6.20. The molecule has 0 aliphatic heterocycles. The minimum absolute atomic E-state index is 0.721. The van der Waals surface area contributed by atoms with Crippen LogP contribution in [0.15, 0.2) is 17.6 Å². The fraction of sp³-hybridized carbons (Fsp3) is 0.462. The van der Waals surface area contributed by atoms with Crippen molar-refractivity contribution < 1.29 is 0 Å². The number of thiophene rings is 1. The molecule has 1 fully saturated rings. The quantitative estimate of drug-likeness (QED) is 0.912. The summed E-state index contributed by atoms with van der Waals surface area (Å²) in [7, 11) is 0. The number of rotatable bonds is 5. The molecule has 0 saturated heterocycles. The van der Waals surface area contributed by atoms with Gasteiger partial charge in [-0.3, -0.25) is 0 Å². The third kappa shape index (κ3) is 2.60. The Morgan fingerprint density at radius 2 is 2.39 bits per heavy atom. The first-order chi connectivity index (χ1) is 8.74. The molecule has 0 radical (unpaired) electrons. The van der Waals surface area contributed by atoms with Crippen LogP contribution in [0.4, 0.5) is 0 Å². The fourth-order valence-corrected chi connectivity index (χ4v) is 3.07. The minimum Gasteiger partial charge on any atom is -0.326 e. The van der Waals surface area contributed by atoms with Gasteiger partial charge in [-0.05, 0) is 31.2 Å². The molecule has 18 heavy (non-hydrogen) atoms. The maximum atomic E-state index is 6.16. The Bertz CT molecular complexity index is 542. The van der Waals surface area contributed by atoms with Crippen molar-refractivity contribution >= 4 is 22.9 Å². The number of halogens is 1. The maximum absolute atomic E-state index is 6.16. The molecule has 0 atom stereocenters. The fourth-order valence-electron chi connectivity index (χ4n) is 1.99. The molecule has 3 nitrogen and oxygen atoms in total. The van der Waals surface area contributed by atoms with E-state index in [1.165, 1.54) is 23.4 Å². The van der Waals surface area contributed by atoms with Crippen LogP contribution in [0.5, 0.6) is 0 Å². The highest BCUT2D eigenvalue weighted by molar-refractivity contribution is 7.10. The molecule has 2 aromatic rings. The number of hydrogen-bond acceptors (Lipinski definition) is 3. The zero-order valence-corrected chi connectivity index (χ0v) is 11.9. The molecule has 2 heterocycles. The predicted octanol–water partition coefficient (Wildman–Crippen LogP) is 3.21. The van der Waals surface area contributed by atoms with Gasteiger partial charge in [0.1, 0.15) is 5.82 Å². The maximum Gasteiger partial charge on any atom is 0.106 e. The lowest BCUT2D eigenvalue weighted by atomic mass is 10.4. The Kier molecular flexibility index (Phi) is 3.41. The number of imidazole rings is 1. The van der Waals surface area contributed by atoms with Crippen molar-refractivity contribution in [1.29, 1.82) is 0 Å². The van der Waals surface area contributed by atoms with Gasteiger partial charge in [-0.25, -0.2) is 4.98 Å². The normalized spacial score (nSPS) is 15.2. The number of nitrogens with zero attached hydrogens (tertiary/aromatic N) is 2. The van der Waals surface area contributed by atoms with Gasteiger partial charge in [0.25, 0.3) is 0 Å². The second-order valence-electron chi connectivity index (χ2n) is 4.73. The van der Waals surface area contributed by atoms with E-state index in [2.05, 4.69) is 14.9 Å². The van der Waals surface area contributed by atoms with Crippen molar-refractivity contribution in [3.8, 4) is 0 Å². The van der Waals surface area contributed by atoms with Gasteiger partial charge >= 0.3 is 0 Å². The Labute approximate surface area is 116 Å². The van der Waals surface area contributed by atoms with Crippen molar-refractivity contribution in [3.05, 3.63) is 39.1 Å². The molecule has 0 aromatic carbocycles. The van der Waals surface area contributed by atoms with E-state index in [1.54, 1.807) is 11.3 Å². The summed E-state index contributed by atoms with van der Waals surface area (Å²) in [5.74, 6) is 1.05. The zero-order chi connectivity index (χ0) is 12.5. The summed E-state index contributed by atoms with van der Waals surface area (Å²) >= 11 is 7.86. The van der Waals surface area contributed by atoms with E-state index in [0.29, 0.717) is 0 Å². The first kappa shape index (κ1) is 12.2. The lowest BCUT2D eigenvalue weighted by molar-refractivity contribution is 0.629. The molecule has 0 unspecified atom stereocenters. The summed E-state index contributed by atoms with van der Waals surface area (Å²) < 4.78 is 2.24. The van der Waals surface area contributed by atoms with E-state index in [1.807, 2.05) is 24.6 Å². The lowest BCUT2D eigenvalue weighted by Gasteiger charge is -2.10. The summed E-state index contributed by atoms with van der Waals surface area (Å²) in [6.45, 7) is 3.76. The van der Waals surface area contributed by atoms with Crippen LogP contribution in [-0.4, -0.2) is 15.6 Å². The van der Waals surface area contributed by atoms with E-state index in [9.17, 15) is 0 Å². The number of aromatic nitrogens is 2. The van der Waals surface area contributed by atoms with Gasteiger partial charge in [-0.1, -0.05) is 11.6 Å². The molecule has 1 aliphatic rings. The van der Waals surface area contributed by atoms with Crippen LogP contribution >= 0.6 is 22.9 Å². The van der Waals surface area contributed by atoms with Crippen LogP contribution in [-0.2, 0) is 13.1 Å². The minimum atomic E-state index is 0.721. The van der Waals surface area contributed by atoms with Crippen molar-refractivity contribution in [2.75, 3.05) is 0 Å². The van der Waals surface area contributed by atoms with Gasteiger partial charge in [-0.15, -0.1) is 11.3 Å². The monoisotopic (exact) mass is 281 g/mol. The van der Waals surface area contributed by atoms with Crippen molar-refractivity contribution in [3.63, 3.8) is 0 Å².